The molecule has 1 N–H and O–H groups in total. The van der Waals surface area contributed by atoms with Crippen molar-refractivity contribution in [2.75, 3.05) is 5.32 Å². The number of nitro benzene ring substituents is 1. The molecule has 31 heavy (non-hydrogen) atoms. The van der Waals surface area contributed by atoms with E-state index < -0.39 is 16.7 Å². The highest BCUT2D eigenvalue weighted by Crippen LogP contribution is 2.32. The van der Waals surface area contributed by atoms with E-state index in [-0.39, 0.29) is 23.5 Å². The number of carbonyl (C=O) groups is 2. The van der Waals surface area contributed by atoms with Crippen molar-refractivity contribution in [2.24, 2.45) is 0 Å². The molecule has 0 unspecified atom stereocenters. The van der Waals surface area contributed by atoms with Crippen molar-refractivity contribution in [3.8, 4) is 0 Å². The van der Waals surface area contributed by atoms with Gasteiger partial charge in [-0.05, 0) is 66.9 Å². The number of hydrogen-bond donors (Lipinski definition) is 1. The molecule has 156 valence electrons. The monoisotopic (exact) mass is 417 g/mol. The van der Waals surface area contributed by atoms with Crippen LogP contribution in [0.15, 0.2) is 71.0 Å². The summed E-state index contributed by atoms with van der Waals surface area (Å²) in [7, 11) is 0. The Morgan fingerprint density at radius 1 is 1.00 bits per heavy atom. The molecule has 2 aromatic carbocycles. The van der Waals surface area contributed by atoms with Gasteiger partial charge < -0.3 is 9.73 Å². The summed E-state index contributed by atoms with van der Waals surface area (Å²) >= 11 is 0. The SMILES string of the molecule is Cc1ccc(NC2=C(c3ccc([N+](=O)[O-])cc3)C(=O)N(Cc3ccco3)C2=O)cc1C. The number of aryl methyl sites for hydroxylation is 2. The van der Waals surface area contributed by atoms with Crippen LogP contribution in [0.25, 0.3) is 5.57 Å². The summed E-state index contributed by atoms with van der Waals surface area (Å²) in [6, 6.07) is 14.6. The number of benzene rings is 2. The van der Waals surface area contributed by atoms with Crippen LogP contribution in [0.4, 0.5) is 11.4 Å². The molecule has 0 fully saturated rings. The minimum Gasteiger partial charge on any atom is -0.467 e. The van der Waals surface area contributed by atoms with Gasteiger partial charge in [0.25, 0.3) is 17.5 Å². The first kappa shape index (κ1) is 20.1. The van der Waals surface area contributed by atoms with E-state index >= 15 is 0 Å². The van der Waals surface area contributed by atoms with Crippen molar-refractivity contribution in [3.63, 3.8) is 0 Å². The van der Waals surface area contributed by atoms with Gasteiger partial charge in [-0.3, -0.25) is 24.6 Å². The summed E-state index contributed by atoms with van der Waals surface area (Å²) in [6.45, 7) is 3.92. The Hall–Kier alpha value is -4.20. The Bertz CT molecular complexity index is 1210. The molecule has 0 aliphatic carbocycles. The smallest absolute Gasteiger partial charge is 0.278 e. The van der Waals surface area contributed by atoms with Gasteiger partial charge in [-0.25, -0.2) is 0 Å². The number of rotatable bonds is 6. The lowest BCUT2D eigenvalue weighted by molar-refractivity contribution is -0.384. The molecule has 8 nitrogen and oxygen atoms in total. The maximum atomic E-state index is 13.2. The summed E-state index contributed by atoms with van der Waals surface area (Å²) in [4.78, 5) is 38.0. The zero-order valence-electron chi connectivity index (χ0n) is 16.9. The van der Waals surface area contributed by atoms with Gasteiger partial charge in [-0.15, -0.1) is 0 Å². The van der Waals surface area contributed by atoms with Crippen molar-refractivity contribution in [2.45, 2.75) is 20.4 Å². The highest BCUT2D eigenvalue weighted by Gasteiger charge is 2.39. The number of carbonyl (C=O) groups excluding carboxylic acids is 2. The number of amides is 2. The molecular formula is C23H19N3O5. The molecule has 2 amide bonds. The fourth-order valence-electron chi connectivity index (χ4n) is 3.38. The van der Waals surface area contributed by atoms with Crippen molar-refractivity contribution in [1.29, 1.82) is 0 Å². The fraction of sp³-hybridized carbons (Fsp3) is 0.130. The van der Waals surface area contributed by atoms with Crippen molar-refractivity contribution >= 4 is 28.8 Å². The molecule has 1 aliphatic heterocycles. The lowest BCUT2D eigenvalue weighted by atomic mass is 10.0. The van der Waals surface area contributed by atoms with E-state index in [2.05, 4.69) is 5.32 Å². The van der Waals surface area contributed by atoms with Gasteiger partial charge in [-0.1, -0.05) is 6.07 Å². The molecule has 2 heterocycles. The first-order valence-corrected chi connectivity index (χ1v) is 9.57. The Labute approximate surface area is 177 Å². The third kappa shape index (κ3) is 3.83. The minimum atomic E-state index is -0.517. The molecule has 1 aliphatic rings. The van der Waals surface area contributed by atoms with E-state index in [4.69, 9.17) is 4.42 Å². The van der Waals surface area contributed by atoms with Crippen LogP contribution in [0.2, 0.25) is 0 Å². The molecule has 8 heteroatoms. The van der Waals surface area contributed by atoms with Gasteiger partial charge in [-0.2, -0.15) is 0 Å². The van der Waals surface area contributed by atoms with Crippen LogP contribution >= 0.6 is 0 Å². The molecular weight excluding hydrogens is 398 g/mol. The van der Waals surface area contributed by atoms with E-state index in [1.165, 1.54) is 30.5 Å². The zero-order chi connectivity index (χ0) is 22.1. The topological polar surface area (TPSA) is 106 Å². The highest BCUT2D eigenvalue weighted by molar-refractivity contribution is 6.36. The van der Waals surface area contributed by atoms with Gasteiger partial charge in [0.15, 0.2) is 0 Å². The van der Waals surface area contributed by atoms with Crippen molar-refractivity contribution in [3.05, 3.63) is 99.1 Å². The summed E-state index contributed by atoms with van der Waals surface area (Å²) in [6.07, 6.45) is 1.47. The van der Waals surface area contributed by atoms with Crippen molar-refractivity contribution in [1.82, 2.24) is 4.90 Å². The number of imide groups is 1. The van der Waals surface area contributed by atoms with E-state index in [9.17, 15) is 19.7 Å². The average molecular weight is 417 g/mol. The third-order valence-corrected chi connectivity index (χ3v) is 5.21. The standard InChI is InChI=1S/C23H19N3O5/c1-14-5-8-17(12-15(14)2)24-21-20(16-6-9-18(10-7-16)26(29)30)22(27)25(23(21)28)13-19-4-3-11-31-19/h3-12,24H,13H2,1-2H3. The van der Waals surface area contributed by atoms with Crippen molar-refractivity contribution < 1.29 is 18.9 Å². The van der Waals surface area contributed by atoms with Gasteiger partial charge >= 0.3 is 0 Å². The summed E-state index contributed by atoms with van der Waals surface area (Å²) in [5.41, 5.74) is 3.39. The van der Waals surface area contributed by atoms with Gasteiger partial charge in [0, 0.05) is 17.8 Å². The Balaban J connectivity index is 1.76. The van der Waals surface area contributed by atoms with Gasteiger partial charge in [0.05, 0.1) is 23.3 Å². The summed E-state index contributed by atoms with van der Waals surface area (Å²) in [5.74, 6) is -0.522. The van der Waals surface area contributed by atoms with Crippen LogP contribution in [0.3, 0.4) is 0 Å². The van der Waals surface area contributed by atoms with Crippen LogP contribution in [0.1, 0.15) is 22.5 Å². The van der Waals surface area contributed by atoms with Crippen LogP contribution in [-0.4, -0.2) is 21.6 Å². The first-order valence-electron chi connectivity index (χ1n) is 9.57. The van der Waals surface area contributed by atoms with Gasteiger partial charge in [0.2, 0.25) is 0 Å². The molecule has 0 bridgehead atoms. The number of anilines is 1. The number of nitro groups is 1. The molecule has 0 spiro atoms. The fourth-order valence-corrected chi connectivity index (χ4v) is 3.38. The number of furan rings is 1. The second-order valence-corrected chi connectivity index (χ2v) is 7.25. The summed E-state index contributed by atoms with van der Waals surface area (Å²) < 4.78 is 5.30. The number of nitrogens with zero attached hydrogens (tertiary/aromatic N) is 2. The number of nitrogens with one attached hydrogen (secondary N) is 1. The predicted octanol–water partition coefficient (Wildman–Crippen LogP) is 4.20. The lowest BCUT2D eigenvalue weighted by Crippen LogP contribution is -2.31. The van der Waals surface area contributed by atoms with Gasteiger partial charge in [0.1, 0.15) is 11.5 Å². The van der Waals surface area contributed by atoms with E-state index in [0.717, 1.165) is 16.0 Å². The molecule has 0 atom stereocenters. The molecule has 1 aromatic heterocycles. The normalized spacial score (nSPS) is 13.8. The van der Waals surface area contributed by atoms with E-state index in [0.29, 0.717) is 17.0 Å². The predicted molar refractivity (Wildman–Crippen MR) is 114 cm³/mol. The molecule has 4 rings (SSSR count). The second-order valence-electron chi connectivity index (χ2n) is 7.25. The Morgan fingerprint density at radius 3 is 2.35 bits per heavy atom. The van der Waals surface area contributed by atoms with Crippen LogP contribution < -0.4 is 5.32 Å². The quantitative estimate of drug-likeness (QED) is 0.366. The maximum Gasteiger partial charge on any atom is 0.278 e. The zero-order valence-corrected chi connectivity index (χ0v) is 16.9. The van der Waals surface area contributed by atoms with Crippen LogP contribution in [0.5, 0.6) is 0 Å². The second kappa shape index (κ2) is 7.91. The van der Waals surface area contributed by atoms with E-state index in [1.807, 2.05) is 32.0 Å². The number of hydrogen-bond acceptors (Lipinski definition) is 6. The minimum absolute atomic E-state index is 0.0146. The Kier molecular flexibility index (Phi) is 5.12. The summed E-state index contributed by atoms with van der Waals surface area (Å²) in [5, 5.41) is 14.1. The number of non-ortho nitro benzene ring substituents is 1. The maximum absolute atomic E-state index is 13.2. The van der Waals surface area contributed by atoms with Crippen LogP contribution in [0, 0.1) is 24.0 Å². The van der Waals surface area contributed by atoms with Crippen LogP contribution in [-0.2, 0) is 16.1 Å². The molecule has 3 aromatic rings. The first-order chi connectivity index (χ1) is 14.8. The Morgan fingerprint density at radius 2 is 1.74 bits per heavy atom. The molecule has 0 saturated carbocycles. The highest BCUT2D eigenvalue weighted by atomic mass is 16.6. The lowest BCUT2D eigenvalue weighted by Gasteiger charge is -2.14. The largest absolute Gasteiger partial charge is 0.467 e. The third-order valence-electron chi connectivity index (χ3n) is 5.21. The van der Waals surface area contributed by atoms with E-state index in [1.54, 1.807) is 12.1 Å². The molecule has 0 radical (unpaired) electrons. The average Bonchev–Trinajstić information content (AvgIpc) is 3.34. The molecule has 0 saturated heterocycles.